The molecule has 0 bridgehead atoms. The molecule has 618 valence electrons. The lowest BCUT2D eigenvalue weighted by Crippen LogP contribution is -2.06. The average Bonchev–Trinajstić information content (AvgIpc) is 1.58. The van der Waals surface area contributed by atoms with Crippen LogP contribution in [0.25, 0.3) is 233 Å². The molecule has 27 rings (SSSR count). The van der Waals surface area contributed by atoms with Crippen LogP contribution < -0.4 is 0 Å². The molecule has 0 N–H and O–H groups in total. The summed E-state index contributed by atoms with van der Waals surface area (Å²) in [5.74, 6) is 1.83. The Labute approximate surface area is 758 Å². The van der Waals surface area contributed by atoms with E-state index in [9.17, 15) is 0 Å². The van der Waals surface area contributed by atoms with Crippen molar-refractivity contribution in [3.8, 4) is 102 Å². The minimum absolute atomic E-state index is 0.575. The van der Waals surface area contributed by atoms with Crippen LogP contribution in [0.3, 0.4) is 0 Å². The van der Waals surface area contributed by atoms with Gasteiger partial charge in [-0.15, -0.1) is 0 Å². The van der Waals surface area contributed by atoms with Crippen LogP contribution in [0.4, 0.5) is 0 Å². The van der Waals surface area contributed by atoms with Crippen molar-refractivity contribution >= 4 is 131 Å². The van der Waals surface area contributed by atoms with Gasteiger partial charge in [0, 0.05) is 139 Å². The summed E-state index contributed by atoms with van der Waals surface area (Å²) in [7, 11) is 0. The smallest absolute Gasteiger partial charge is 0.238 e. The van der Waals surface area contributed by atoms with E-state index in [-0.39, 0.29) is 0 Å². The predicted molar refractivity (Wildman–Crippen MR) is 545 cm³/mol. The zero-order chi connectivity index (χ0) is 87.1. The molecule has 0 saturated heterocycles. The summed E-state index contributed by atoms with van der Waals surface area (Å²) in [6, 6.07) is 156. The standard InChI is InChI=1S/C44H28N6.C41H27N3.C35H23N3/c1-4-14-29(15-5-1)42-46-43(30-16-6-2-7-17-30)48-44(47-42)50-37-22-12-10-20-33(37)35-26-31(24-25-39(35)50)36-27-45-28-40-41(36)34-21-11-13-23-38(34)49(40)32-18-8-3-9-19-32;1-3-11-28(12-4-1)29-19-22-32(23-20-29)43-37-17-9-7-15-33(37)35-25-30(21-24-39(35)43)36-26-42-27-40-41(36)34-16-8-10-18-38(34)44(40)31-13-5-2-6-14-31;1-3-11-25(12-4-1)37-30-17-9-7-15-27(30)29-23-24(19-20-32(29)37)35-34-28-16-8-10-18-31(28)38(33(34)21-22-36-35)26-13-5-2-6-14-26/h1-28H;1-27H;1-23H. The van der Waals surface area contributed by atoms with Gasteiger partial charge in [-0.3, -0.25) is 19.5 Å². The summed E-state index contributed by atoms with van der Waals surface area (Å²) < 4.78 is 13.9. The van der Waals surface area contributed by atoms with Crippen molar-refractivity contribution in [3.63, 3.8) is 0 Å². The van der Waals surface area contributed by atoms with E-state index >= 15 is 0 Å². The Hall–Kier alpha value is -18.0. The van der Waals surface area contributed by atoms with Crippen molar-refractivity contribution < 1.29 is 0 Å². The van der Waals surface area contributed by atoms with Gasteiger partial charge in [0.25, 0.3) is 0 Å². The van der Waals surface area contributed by atoms with Gasteiger partial charge < -0.3 is 22.8 Å². The molecule has 132 heavy (non-hydrogen) atoms. The Morgan fingerprint density at radius 2 is 0.447 bits per heavy atom. The van der Waals surface area contributed by atoms with E-state index < -0.39 is 0 Å². The lowest BCUT2D eigenvalue weighted by Gasteiger charge is -2.11. The Bertz CT molecular complexity index is 9060. The largest absolute Gasteiger partial charge is 0.309 e. The van der Waals surface area contributed by atoms with Crippen LogP contribution in [0, 0.1) is 0 Å². The third-order valence-corrected chi connectivity index (χ3v) is 25.8. The van der Waals surface area contributed by atoms with Gasteiger partial charge in [0.15, 0.2) is 11.6 Å². The van der Waals surface area contributed by atoms with E-state index in [0.717, 1.165) is 117 Å². The molecule has 0 aliphatic rings. The van der Waals surface area contributed by atoms with Gasteiger partial charge in [-0.2, -0.15) is 9.97 Å². The number of hydrogen-bond acceptors (Lipinski definition) is 6. The first kappa shape index (κ1) is 76.4. The number of pyridine rings is 3. The highest BCUT2D eigenvalue weighted by Crippen LogP contribution is 2.46. The maximum atomic E-state index is 5.09. The van der Waals surface area contributed by atoms with Crippen molar-refractivity contribution in [1.82, 2.24) is 57.3 Å². The Morgan fingerprint density at radius 1 is 0.167 bits per heavy atom. The summed E-state index contributed by atoms with van der Waals surface area (Å²) in [5.41, 5.74) is 30.3. The number of rotatable bonds is 12. The van der Waals surface area contributed by atoms with Gasteiger partial charge in [-0.1, -0.05) is 303 Å². The van der Waals surface area contributed by atoms with Crippen molar-refractivity contribution in [3.05, 3.63) is 474 Å². The highest BCUT2D eigenvalue weighted by atomic mass is 15.2. The van der Waals surface area contributed by atoms with Crippen LogP contribution in [-0.4, -0.2) is 57.3 Å². The lowest BCUT2D eigenvalue weighted by atomic mass is 9.99. The molecule has 0 unspecified atom stereocenters. The van der Waals surface area contributed by atoms with Crippen molar-refractivity contribution in [2.45, 2.75) is 0 Å². The molecule has 10 heterocycles. The van der Waals surface area contributed by atoms with Crippen molar-refractivity contribution in [1.29, 1.82) is 0 Å². The average molecular weight is 1690 g/mol. The first-order valence-corrected chi connectivity index (χ1v) is 44.5. The molecular formula is C120H78N12. The third kappa shape index (κ3) is 12.9. The van der Waals surface area contributed by atoms with E-state index in [1.807, 2.05) is 91.6 Å². The maximum Gasteiger partial charge on any atom is 0.238 e. The van der Waals surface area contributed by atoms with E-state index in [1.54, 1.807) is 0 Å². The van der Waals surface area contributed by atoms with Gasteiger partial charge in [0.05, 0.1) is 84.3 Å². The fourth-order valence-corrected chi connectivity index (χ4v) is 20.0. The fraction of sp³-hybridized carbons (Fsp3) is 0. The van der Waals surface area contributed by atoms with Crippen molar-refractivity contribution in [2.24, 2.45) is 0 Å². The molecule has 27 aromatic rings. The number of para-hydroxylation sites is 10. The van der Waals surface area contributed by atoms with Crippen LogP contribution in [0.2, 0.25) is 0 Å². The first-order chi connectivity index (χ1) is 65.5. The van der Waals surface area contributed by atoms with Gasteiger partial charge in [-0.25, -0.2) is 4.98 Å². The number of fused-ring (bicyclic) bond motifs is 18. The number of aromatic nitrogens is 12. The summed E-state index contributed by atoms with van der Waals surface area (Å²) in [4.78, 5) is 29.6. The number of nitrogens with zero attached hydrogens (tertiary/aromatic N) is 12. The maximum absolute atomic E-state index is 5.09. The van der Waals surface area contributed by atoms with Gasteiger partial charge in [-0.05, 0) is 162 Å². The first-order valence-electron chi connectivity index (χ1n) is 44.5. The van der Waals surface area contributed by atoms with Crippen LogP contribution in [-0.2, 0) is 0 Å². The molecule has 12 nitrogen and oxygen atoms in total. The van der Waals surface area contributed by atoms with Crippen LogP contribution in [0.5, 0.6) is 0 Å². The second-order valence-electron chi connectivity index (χ2n) is 33.3. The topological polar surface area (TPSA) is 107 Å². The zero-order valence-corrected chi connectivity index (χ0v) is 71.4. The monoisotopic (exact) mass is 1690 g/mol. The molecule has 0 spiro atoms. The molecular weight excluding hydrogens is 1610 g/mol. The lowest BCUT2D eigenvalue weighted by molar-refractivity contribution is 0.953. The van der Waals surface area contributed by atoms with E-state index in [4.69, 9.17) is 29.9 Å². The zero-order valence-electron chi connectivity index (χ0n) is 71.4. The molecule has 0 saturated carbocycles. The highest BCUT2D eigenvalue weighted by Gasteiger charge is 2.26. The predicted octanol–water partition coefficient (Wildman–Crippen LogP) is 30.0. The normalized spacial score (nSPS) is 11.6. The molecule has 12 heteroatoms. The molecule has 10 aromatic heterocycles. The van der Waals surface area contributed by atoms with Crippen molar-refractivity contribution in [2.75, 3.05) is 0 Å². The SMILES string of the molecule is c1ccc(-c2ccc(-n3c4ccccc4c4cc(-c5cncc6c5c5ccccc5n6-c5ccccc5)ccc43)cc2)cc1.c1ccc(-c2nc(-c3ccccc3)nc(-n3c4ccccc4c4cc(-c5cncc6c5c5ccccc5n6-c5ccccc5)ccc43)n2)cc1.c1ccc(-n2c3ccccc3c3cc(-c4nccc5c4c4ccccc4n5-c4ccccc4)ccc32)cc1. The summed E-state index contributed by atoms with van der Waals surface area (Å²) >= 11 is 0. The van der Waals surface area contributed by atoms with E-state index in [2.05, 4.69) is 410 Å². The molecule has 0 aliphatic heterocycles. The molecule has 0 fully saturated rings. The minimum Gasteiger partial charge on any atom is -0.309 e. The van der Waals surface area contributed by atoms with Gasteiger partial charge in [0.1, 0.15) is 0 Å². The number of hydrogen-bond donors (Lipinski definition) is 0. The summed E-state index contributed by atoms with van der Waals surface area (Å²) in [6.45, 7) is 0. The minimum atomic E-state index is 0.575. The van der Waals surface area contributed by atoms with Crippen LogP contribution >= 0.6 is 0 Å². The molecule has 0 atom stereocenters. The Kier molecular flexibility index (Phi) is 18.6. The quantitative estimate of drug-likeness (QED) is 0.121. The van der Waals surface area contributed by atoms with Crippen LogP contribution in [0.15, 0.2) is 474 Å². The Balaban J connectivity index is 0.000000107. The molecule has 0 radical (unpaired) electrons. The molecule has 0 aliphatic carbocycles. The van der Waals surface area contributed by atoms with Crippen LogP contribution in [0.1, 0.15) is 0 Å². The number of benzene rings is 17. The highest BCUT2D eigenvalue weighted by molar-refractivity contribution is 6.21. The summed E-state index contributed by atoms with van der Waals surface area (Å²) in [5, 5.41) is 14.4. The summed E-state index contributed by atoms with van der Waals surface area (Å²) in [6.07, 6.45) is 9.93. The fourth-order valence-electron chi connectivity index (χ4n) is 20.0. The van der Waals surface area contributed by atoms with Gasteiger partial charge in [0.2, 0.25) is 5.95 Å². The second kappa shape index (κ2) is 32.1. The molecule has 0 amide bonds. The Morgan fingerprint density at radius 3 is 0.856 bits per heavy atom. The molecule has 17 aromatic carbocycles. The van der Waals surface area contributed by atoms with Gasteiger partial charge >= 0.3 is 0 Å². The van der Waals surface area contributed by atoms with E-state index in [0.29, 0.717) is 17.6 Å². The second-order valence-corrected chi connectivity index (χ2v) is 33.3. The third-order valence-electron chi connectivity index (χ3n) is 25.8. The van der Waals surface area contributed by atoms with E-state index in [1.165, 1.54) is 98.1 Å².